The Labute approximate surface area is 633 Å². The summed E-state index contributed by atoms with van der Waals surface area (Å²) >= 11 is 0. The monoisotopic (exact) mass is 1740 g/mol. The smallest absolute Gasteiger partial charge is 0.317 e. The van der Waals surface area contributed by atoms with Crippen LogP contribution < -0.4 is 0 Å². The molecular weight excluding hydrogens is 1580 g/mol. The molecule has 100 heavy (non-hydrogen) atoms. The Morgan fingerprint density at radius 2 is 0.300 bits per heavy atom. The fourth-order valence-corrected chi connectivity index (χ4v) is 95.6. The third-order valence-corrected chi connectivity index (χ3v) is 75.2. The summed E-state index contributed by atoms with van der Waals surface area (Å²) in [6, 6.07) is 2.87. The Bertz CT molecular complexity index is 2060. The van der Waals surface area contributed by atoms with E-state index < -0.39 is 177 Å². The van der Waals surface area contributed by atoms with Gasteiger partial charge in [-0.05, 0) is 312 Å². The summed E-state index contributed by atoms with van der Waals surface area (Å²) in [6.45, 7) is 86.8. The molecule has 604 valence electrons. The van der Waals surface area contributed by atoms with Gasteiger partial charge >= 0.3 is 85.6 Å². The van der Waals surface area contributed by atoms with Crippen molar-refractivity contribution < 1.29 is 97.0 Å². The van der Waals surface area contributed by atoms with E-state index in [1.54, 1.807) is 0 Å². The first-order chi connectivity index (χ1) is 44.1. The molecule has 0 spiro atoms. The highest BCUT2D eigenvalue weighted by molar-refractivity contribution is 6.93. The molecule has 0 bridgehead atoms. The molecule has 40 heteroatoms. The molecule has 4 N–H and O–H groups in total. The molecule has 6 atom stereocenters. The zero-order chi connectivity index (χ0) is 79.4. The van der Waals surface area contributed by atoms with E-state index in [1.807, 2.05) is 0 Å². The minimum absolute atomic E-state index is 0.242. The van der Waals surface area contributed by atoms with Gasteiger partial charge in [-0.2, -0.15) is 0 Å². The van der Waals surface area contributed by atoms with E-state index in [0.717, 1.165) is 12.1 Å². The van der Waals surface area contributed by atoms with Gasteiger partial charge in [-0.25, -0.2) is 0 Å². The van der Waals surface area contributed by atoms with Gasteiger partial charge in [0.25, 0.3) is 0 Å². The van der Waals surface area contributed by atoms with Crippen molar-refractivity contribution >= 4 is 152 Å². The van der Waals surface area contributed by atoms with Gasteiger partial charge in [0.1, 0.15) is 24.4 Å². The summed E-state index contributed by atoms with van der Waals surface area (Å²) in [5.74, 6) is 0. The first kappa shape index (κ1) is 105. The lowest BCUT2D eigenvalue weighted by Crippen LogP contribution is -2.59. The van der Waals surface area contributed by atoms with Crippen molar-refractivity contribution in [1.82, 2.24) is 0 Å². The molecule has 0 heterocycles. The zero-order valence-electron chi connectivity index (χ0n) is 71.8. The van der Waals surface area contributed by atoms with Crippen LogP contribution in [0.1, 0.15) is 25.7 Å². The van der Waals surface area contributed by atoms with Crippen LogP contribution in [0.5, 0.6) is 0 Å². The number of aliphatic hydroxyl groups excluding tert-OH is 4. The maximum atomic E-state index is 10.3. The van der Waals surface area contributed by atoms with E-state index in [0.29, 0.717) is 64.2 Å². The number of aliphatic hydroxyl groups is 4. The lowest BCUT2D eigenvalue weighted by atomic mass is 10.2. The minimum Gasteiger partial charge on any atom is -0.437 e. The summed E-state index contributed by atoms with van der Waals surface area (Å²) in [4.78, 5) is 0. The summed E-state index contributed by atoms with van der Waals surface area (Å²) in [6.07, 6.45) is 0.111. The Hall–Kier alpha value is 3.02. The molecular formula is C60H160O22Si18. The van der Waals surface area contributed by atoms with Crippen LogP contribution in [-0.2, 0) is 76.6 Å². The molecule has 0 aliphatic heterocycles. The van der Waals surface area contributed by atoms with Gasteiger partial charge < -0.3 is 97.0 Å². The highest BCUT2D eigenvalue weighted by atomic mass is 28.5. The fraction of sp³-hybridized carbons (Fsp3) is 1.00. The number of rotatable bonds is 54. The highest BCUT2D eigenvalue weighted by Crippen LogP contribution is 2.34. The third kappa shape index (κ3) is 55.4. The second-order valence-electron chi connectivity index (χ2n) is 38.0. The molecule has 0 aromatic carbocycles. The highest BCUT2D eigenvalue weighted by Gasteiger charge is 2.51. The van der Waals surface area contributed by atoms with Crippen LogP contribution in [0.3, 0.4) is 0 Å². The largest absolute Gasteiger partial charge is 0.437 e. The molecule has 2 unspecified atom stereocenters. The molecule has 0 aliphatic rings. The molecule has 0 aromatic heterocycles. The van der Waals surface area contributed by atoms with Gasteiger partial charge in [0, 0.05) is 26.4 Å². The predicted octanol–water partition coefficient (Wildman–Crippen LogP) is 16.5. The average molecular weight is 1740 g/mol. The molecule has 0 rings (SSSR count). The Morgan fingerprint density at radius 1 is 0.180 bits per heavy atom. The fourth-order valence-electron chi connectivity index (χ4n) is 13.1. The quantitative estimate of drug-likeness (QED) is 0.0326. The maximum Gasteiger partial charge on any atom is 0.317 e. The lowest BCUT2D eigenvalue weighted by Gasteiger charge is -2.43. The molecule has 22 nitrogen and oxygen atoms in total. The van der Waals surface area contributed by atoms with Crippen LogP contribution in [0, 0.1) is 0 Å². The Balaban J connectivity index is 0. The summed E-state index contributed by atoms with van der Waals surface area (Å²) in [7, 11) is -40.1. The van der Waals surface area contributed by atoms with E-state index >= 15 is 0 Å². The van der Waals surface area contributed by atoms with Crippen molar-refractivity contribution in [2.45, 2.75) is 336 Å². The molecule has 0 saturated heterocycles. The van der Waals surface area contributed by atoms with E-state index in [1.165, 1.54) is 0 Å². The first-order valence-corrected chi connectivity index (χ1v) is 91.1. The van der Waals surface area contributed by atoms with Crippen LogP contribution in [0.25, 0.3) is 0 Å². The summed E-state index contributed by atoms with van der Waals surface area (Å²) in [5.41, 5.74) is 0. The number of hydrogen-bond acceptors (Lipinski definition) is 22. The van der Waals surface area contributed by atoms with E-state index in [4.69, 9.17) is 76.6 Å². The topological polar surface area (TPSA) is 247 Å². The summed E-state index contributed by atoms with van der Waals surface area (Å²) < 4.78 is 118. The minimum atomic E-state index is -2.78. The van der Waals surface area contributed by atoms with Gasteiger partial charge in [-0.15, -0.1) is 0 Å². The SMILES string of the molecule is C[Si](C)(C)O[Si](C)(C)O[Si](C)(CCCO[C@@H](CO)[C@@H](CO)OCCC[Si](C)(O[Si](C)(C)C)O[Si](C)(C)O[Si](C)(C)C)O[Si](C)(C)C.C[Si](C)(C)O[Si](C)(C)O[Si](C)(CCCO[C@@H](CO)[C@@H](CO)OCCC[Si](C)(O[Si](C)(C)O[Si](C)(C)C)O[Si](C)(C)O[Si](C)(C)C)O[Si](C)(C)O[Si](C)(C)C. The zero-order valence-corrected chi connectivity index (χ0v) is 89.8. The molecule has 0 saturated carbocycles. The van der Waals surface area contributed by atoms with Gasteiger partial charge in [-0.1, -0.05) is 0 Å². The second kappa shape index (κ2) is 42.2. The van der Waals surface area contributed by atoms with Crippen LogP contribution in [0.4, 0.5) is 0 Å². The van der Waals surface area contributed by atoms with Gasteiger partial charge in [0.15, 0.2) is 66.5 Å². The normalized spacial score (nSPS) is 17.2. The van der Waals surface area contributed by atoms with Crippen molar-refractivity contribution in [3.05, 3.63) is 0 Å². The maximum absolute atomic E-state index is 10.3. The number of ether oxygens (including phenoxy) is 4. The van der Waals surface area contributed by atoms with Crippen molar-refractivity contribution in [3.8, 4) is 0 Å². The number of hydrogen-bond donors (Lipinski definition) is 4. The Kier molecular flexibility index (Phi) is 44.4. The van der Waals surface area contributed by atoms with Crippen LogP contribution in [-0.4, -0.2) is 250 Å². The van der Waals surface area contributed by atoms with E-state index in [-0.39, 0.29) is 26.4 Å². The van der Waals surface area contributed by atoms with Crippen molar-refractivity contribution in [3.63, 3.8) is 0 Å². The van der Waals surface area contributed by atoms with E-state index in [9.17, 15) is 20.4 Å². The van der Waals surface area contributed by atoms with Gasteiger partial charge in [0.05, 0.1) is 26.4 Å². The van der Waals surface area contributed by atoms with Gasteiger partial charge in [0.2, 0.25) is 0 Å². The van der Waals surface area contributed by atoms with Crippen LogP contribution in [0.15, 0.2) is 0 Å². The van der Waals surface area contributed by atoms with Gasteiger partial charge in [-0.3, -0.25) is 0 Å². The first-order valence-electron chi connectivity index (χ1n) is 36.8. The Morgan fingerprint density at radius 3 is 0.410 bits per heavy atom. The average Bonchev–Trinajstić information content (AvgIpc) is 0.826. The molecule has 0 fully saturated rings. The molecule has 0 aliphatic carbocycles. The molecule has 0 amide bonds. The van der Waals surface area contributed by atoms with Crippen LogP contribution in [0.2, 0.25) is 286 Å². The van der Waals surface area contributed by atoms with E-state index in [2.05, 4.69) is 262 Å². The van der Waals surface area contributed by atoms with Crippen molar-refractivity contribution in [2.24, 2.45) is 0 Å². The molecule has 0 aromatic rings. The second-order valence-corrected chi connectivity index (χ2v) is 111. The summed E-state index contributed by atoms with van der Waals surface area (Å²) in [5, 5.41) is 40.9. The van der Waals surface area contributed by atoms with Crippen LogP contribution >= 0.6 is 0 Å². The standard InChI is InChI=1S/C32H86O12Si10.C28H74O10Si8/c1-45(2,3)37-49(13,14)41-53(21,42-50(15,16)38-46(4,5)6)27-23-25-35-31(29-33)32(30-34)36-26-24-28-54(22,43-51(17,18)39-47(7,8)9)44-52(19,20)40-48(10,11)12;1-39(2,3)33-43(13,14)37-45(17,35-41(7,8)9)23-19-21-31-27(25-29)28(26-30)32-22-20-24-46(18,36-42(10,11)12)38-44(15,16)34-40(4,5)6/h31-34H,23-30H2,1-22H3;27-30H,19-26H2,1-18H3/t31-,32+;27-,28+,45?,46?. The van der Waals surface area contributed by atoms with Crippen molar-refractivity contribution in [1.29, 1.82) is 0 Å². The van der Waals surface area contributed by atoms with Crippen molar-refractivity contribution in [2.75, 3.05) is 52.9 Å². The lowest BCUT2D eigenvalue weighted by molar-refractivity contribution is -0.109. The third-order valence-electron chi connectivity index (χ3n) is 13.1. The molecule has 0 radical (unpaired) electrons. The predicted molar refractivity (Wildman–Crippen MR) is 458 cm³/mol.